The molecule has 2 unspecified atom stereocenters. The Morgan fingerprint density at radius 2 is 1.81 bits per heavy atom. The molecule has 2 rings (SSSR count). The van der Waals surface area contributed by atoms with E-state index < -0.39 is 0 Å². The second kappa shape index (κ2) is 11.5. The summed E-state index contributed by atoms with van der Waals surface area (Å²) >= 11 is 0. The number of hydrogen-bond donors (Lipinski definition) is 1. The largest absolute Gasteiger partial charge is 0.466 e. The molecule has 2 aliphatic heterocycles. The molecule has 0 amide bonds. The minimum absolute atomic E-state index is 0.0379. The fraction of sp³-hybridized carbons (Fsp3) is 0.905. The lowest BCUT2D eigenvalue weighted by atomic mass is 9.92. The summed E-state index contributed by atoms with van der Waals surface area (Å²) in [5, 5.41) is 3.42. The topological polar surface area (TPSA) is 57.2 Å². The third-order valence-corrected chi connectivity index (χ3v) is 5.59. The van der Waals surface area contributed by atoms with Crippen LogP contribution in [-0.4, -0.2) is 74.1 Å². The molecule has 0 spiro atoms. The quantitative estimate of drug-likeness (QED) is 0.318. The van der Waals surface area contributed by atoms with Gasteiger partial charge in [-0.1, -0.05) is 13.8 Å². The summed E-state index contributed by atoms with van der Waals surface area (Å²) in [5.41, 5.74) is 0. The molecule has 0 aromatic carbocycles. The Morgan fingerprint density at radius 3 is 2.41 bits per heavy atom. The van der Waals surface area contributed by atoms with E-state index in [0.717, 1.165) is 69.8 Å². The van der Waals surface area contributed by atoms with E-state index >= 15 is 0 Å². The van der Waals surface area contributed by atoms with Crippen molar-refractivity contribution in [2.45, 2.75) is 53.4 Å². The lowest BCUT2D eigenvalue weighted by molar-refractivity contribution is -0.149. The van der Waals surface area contributed by atoms with E-state index in [1.54, 1.807) is 0 Å². The number of aliphatic imine (C=N–C) groups is 1. The summed E-state index contributed by atoms with van der Waals surface area (Å²) in [5.74, 6) is 2.64. The molecule has 0 aromatic rings. The fourth-order valence-corrected chi connectivity index (χ4v) is 4.47. The standard InChI is InChI=1S/C21H40N4O2/c1-5-22-21(25-12-8-19(9-13-25)20(26)27-6-2)23-10-7-11-24-15-17(3)14-18(4)16-24/h17-19H,5-16H2,1-4H3,(H,22,23). The van der Waals surface area contributed by atoms with Gasteiger partial charge < -0.3 is 19.9 Å². The zero-order valence-electron chi connectivity index (χ0n) is 17.9. The number of carbonyl (C=O) groups is 1. The molecule has 1 N–H and O–H groups in total. The zero-order valence-corrected chi connectivity index (χ0v) is 17.9. The number of rotatable bonds is 7. The molecule has 2 atom stereocenters. The van der Waals surface area contributed by atoms with Gasteiger partial charge in [-0.3, -0.25) is 9.79 Å². The summed E-state index contributed by atoms with van der Waals surface area (Å²) in [7, 11) is 0. The third-order valence-electron chi connectivity index (χ3n) is 5.59. The first-order valence-corrected chi connectivity index (χ1v) is 11.0. The molecule has 156 valence electrons. The maximum Gasteiger partial charge on any atom is 0.309 e. The molecule has 0 radical (unpaired) electrons. The predicted octanol–water partition coefficient (Wildman–Crippen LogP) is 2.60. The van der Waals surface area contributed by atoms with E-state index in [1.165, 1.54) is 19.5 Å². The van der Waals surface area contributed by atoms with Gasteiger partial charge in [0.05, 0.1) is 12.5 Å². The molecule has 2 fully saturated rings. The maximum atomic E-state index is 11.9. The molecule has 0 saturated carbocycles. The van der Waals surface area contributed by atoms with Crippen molar-refractivity contribution in [3.05, 3.63) is 0 Å². The summed E-state index contributed by atoms with van der Waals surface area (Å²) in [6.45, 7) is 16.3. The van der Waals surface area contributed by atoms with Gasteiger partial charge in [0.25, 0.3) is 0 Å². The molecule has 0 aliphatic carbocycles. The van der Waals surface area contributed by atoms with Gasteiger partial charge in [-0.25, -0.2) is 0 Å². The molecule has 0 bridgehead atoms. The second-order valence-corrected chi connectivity index (χ2v) is 8.31. The van der Waals surface area contributed by atoms with Gasteiger partial charge in [0.1, 0.15) is 0 Å². The van der Waals surface area contributed by atoms with Gasteiger partial charge in [0, 0.05) is 39.3 Å². The average molecular weight is 381 g/mol. The van der Waals surface area contributed by atoms with Crippen molar-refractivity contribution in [3.63, 3.8) is 0 Å². The molecule has 2 aliphatic rings. The molecule has 2 saturated heterocycles. The van der Waals surface area contributed by atoms with E-state index in [-0.39, 0.29) is 11.9 Å². The van der Waals surface area contributed by atoms with Gasteiger partial charge in [-0.15, -0.1) is 0 Å². The molecule has 6 heteroatoms. The van der Waals surface area contributed by atoms with Crippen LogP contribution in [0.2, 0.25) is 0 Å². The van der Waals surface area contributed by atoms with Crippen LogP contribution in [0.5, 0.6) is 0 Å². The van der Waals surface area contributed by atoms with Crippen LogP contribution in [0.3, 0.4) is 0 Å². The molecule has 6 nitrogen and oxygen atoms in total. The molecular formula is C21H40N4O2. The second-order valence-electron chi connectivity index (χ2n) is 8.31. The number of likely N-dealkylation sites (tertiary alicyclic amines) is 2. The summed E-state index contributed by atoms with van der Waals surface area (Å²) in [6, 6.07) is 0. The minimum Gasteiger partial charge on any atom is -0.466 e. The predicted molar refractivity (Wildman–Crippen MR) is 111 cm³/mol. The molecule has 27 heavy (non-hydrogen) atoms. The van der Waals surface area contributed by atoms with E-state index in [2.05, 4.69) is 35.9 Å². The first-order chi connectivity index (χ1) is 13.0. The van der Waals surface area contributed by atoms with E-state index in [4.69, 9.17) is 9.73 Å². The van der Waals surface area contributed by atoms with Gasteiger partial charge in [-0.2, -0.15) is 0 Å². The maximum absolute atomic E-state index is 11.9. The van der Waals surface area contributed by atoms with Crippen LogP contribution in [0.4, 0.5) is 0 Å². The molecule has 2 heterocycles. The lowest BCUT2D eigenvalue weighted by Gasteiger charge is -2.35. The van der Waals surface area contributed by atoms with Gasteiger partial charge in [0.2, 0.25) is 0 Å². The Morgan fingerprint density at radius 1 is 1.15 bits per heavy atom. The van der Waals surface area contributed by atoms with Crippen molar-refractivity contribution in [1.82, 2.24) is 15.1 Å². The van der Waals surface area contributed by atoms with Crippen molar-refractivity contribution < 1.29 is 9.53 Å². The Labute approximate surface area is 165 Å². The molecular weight excluding hydrogens is 340 g/mol. The Kier molecular flexibility index (Phi) is 9.39. The van der Waals surface area contributed by atoms with Crippen molar-refractivity contribution in [2.75, 3.05) is 52.4 Å². The Bertz CT molecular complexity index is 465. The van der Waals surface area contributed by atoms with Crippen molar-refractivity contribution in [2.24, 2.45) is 22.7 Å². The number of guanidine groups is 1. The highest BCUT2D eigenvalue weighted by Crippen LogP contribution is 2.21. The number of nitrogens with zero attached hydrogens (tertiary/aromatic N) is 3. The van der Waals surface area contributed by atoms with Crippen LogP contribution in [0, 0.1) is 17.8 Å². The molecule has 0 aromatic heterocycles. The number of esters is 1. The summed E-state index contributed by atoms with van der Waals surface area (Å²) in [6.07, 6.45) is 4.17. The number of piperidine rings is 2. The smallest absolute Gasteiger partial charge is 0.309 e. The zero-order chi connectivity index (χ0) is 19.6. The van der Waals surface area contributed by atoms with Crippen LogP contribution in [0.25, 0.3) is 0 Å². The van der Waals surface area contributed by atoms with Crippen LogP contribution in [0.15, 0.2) is 4.99 Å². The van der Waals surface area contributed by atoms with Crippen molar-refractivity contribution in [1.29, 1.82) is 0 Å². The first kappa shape index (κ1) is 22.0. The van der Waals surface area contributed by atoms with Crippen molar-refractivity contribution in [3.8, 4) is 0 Å². The van der Waals surface area contributed by atoms with E-state index in [0.29, 0.717) is 6.61 Å². The van der Waals surface area contributed by atoms with Crippen LogP contribution in [0.1, 0.15) is 53.4 Å². The van der Waals surface area contributed by atoms with Crippen LogP contribution < -0.4 is 5.32 Å². The summed E-state index contributed by atoms with van der Waals surface area (Å²) < 4.78 is 5.17. The van der Waals surface area contributed by atoms with Crippen LogP contribution in [-0.2, 0) is 9.53 Å². The number of ether oxygens (including phenoxy) is 1. The van der Waals surface area contributed by atoms with Crippen LogP contribution >= 0.6 is 0 Å². The van der Waals surface area contributed by atoms with Crippen molar-refractivity contribution >= 4 is 11.9 Å². The third kappa shape index (κ3) is 7.32. The van der Waals surface area contributed by atoms with E-state index in [9.17, 15) is 4.79 Å². The normalized spacial score (nSPS) is 25.5. The summed E-state index contributed by atoms with van der Waals surface area (Å²) in [4.78, 5) is 21.7. The highest BCUT2D eigenvalue weighted by molar-refractivity contribution is 5.80. The average Bonchev–Trinajstić information content (AvgIpc) is 2.64. The van der Waals surface area contributed by atoms with Gasteiger partial charge in [-0.05, 0) is 57.9 Å². The lowest BCUT2D eigenvalue weighted by Crippen LogP contribution is -2.46. The Balaban J connectivity index is 1.76. The number of nitrogens with one attached hydrogen (secondary N) is 1. The minimum atomic E-state index is -0.0379. The Hall–Kier alpha value is -1.30. The number of carbonyl (C=O) groups excluding carboxylic acids is 1. The highest BCUT2D eigenvalue weighted by Gasteiger charge is 2.27. The number of hydrogen-bond acceptors (Lipinski definition) is 4. The monoisotopic (exact) mass is 380 g/mol. The van der Waals surface area contributed by atoms with Gasteiger partial charge in [0.15, 0.2) is 5.96 Å². The SMILES string of the molecule is CCNC(=NCCCN1CC(C)CC(C)C1)N1CCC(C(=O)OCC)CC1. The van der Waals surface area contributed by atoms with E-state index in [1.807, 2.05) is 6.92 Å². The highest BCUT2D eigenvalue weighted by atomic mass is 16.5. The first-order valence-electron chi connectivity index (χ1n) is 11.0. The van der Waals surface area contributed by atoms with Gasteiger partial charge >= 0.3 is 5.97 Å². The fourth-order valence-electron chi connectivity index (χ4n) is 4.47.